The lowest BCUT2D eigenvalue weighted by Crippen LogP contribution is -2.51. The van der Waals surface area contributed by atoms with Crippen molar-refractivity contribution in [2.45, 2.75) is 59.3 Å². The first-order valence-corrected chi connectivity index (χ1v) is 9.31. The van der Waals surface area contributed by atoms with Crippen LogP contribution in [0.1, 0.15) is 63.9 Å². The number of hydrogen-bond donors (Lipinski definition) is 0. The van der Waals surface area contributed by atoms with Crippen LogP contribution in [0.3, 0.4) is 0 Å². The van der Waals surface area contributed by atoms with Gasteiger partial charge in [-0.05, 0) is 38.5 Å². The van der Waals surface area contributed by atoms with Crippen LogP contribution in [0.5, 0.6) is 0 Å². The van der Waals surface area contributed by atoms with Gasteiger partial charge in [0.05, 0.1) is 0 Å². The molecule has 3 rings (SSSR count). The third-order valence-electron chi connectivity index (χ3n) is 5.65. The highest BCUT2D eigenvalue weighted by atomic mass is 16.2. The number of hydrogen-bond acceptors (Lipinski definition) is 4. The van der Waals surface area contributed by atoms with Gasteiger partial charge in [-0.1, -0.05) is 13.8 Å². The molecule has 24 heavy (non-hydrogen) atoms. The van der Waals surface area contributed by atoms with Crippen LogP contribution in [0.2, 0.25) is 0 Å². The zero-order valence-corrected chi connectivity index (χ0v) is 15.5. The van der Waals surface area contributed by atoms with Crippen molar-refractivity contribution in [1.82, 2.24) is 14.9 Å². The number of carbonyl (C=O) groups excluding carboxylic acids is 1. The van der Waals surface area contributed by atoms with E-state index in [2.05, 4.69) is 36.7 Å². The fraction of sp³-hybridized carbons (Fsp3) is 0.737. The molecule has 2 aliphatic heterocycles. The fourth-order valence-corrected chi connectivity index (χ4v) is 4.00. The molecular formula is C19H30N4O. The lowest BCUT2D eigenvalue weighted by molar-refractivity contribution is -0.137. The molecule has 0 saturated carbocycles. The number of nitrogens with zero attached hydrogens (tertiary/aromatic N) is 4. The van der Waals surface area contributed by atoms with Crippen molar-refractivity contribution in [2.75, 3.05) is 31.1 Å². The molecule has 5 nitrogen and oxygen atoms in total. The van der Waals surface area contributed by atoms with Gasteiger partial charge >= 0.3 is 0 Å². The molecule has 0 aromatic carbocycles. The molecule has 5 heteroatoms. The molecule has 0 unspecified atom stereocenters. The average Bonchev–Trinajstić information content (AvgIpc) is 2.57. The van der Waals surface area contributed by atoms with Gasteiger partial charge in [0.2, 0.25) is 5.91 Å². The first-order chi connectivity index (χ1) is 11.4. The highest BCUT2D eigenvalue weighted by Gasteiger charge is 2.40. The minimum absolute atomic E-state index is 0.323. The van der Waals surface area contributed by atoms with Gasteiger partial charge in [-0.15, -0.1) is 0 Å². The lowest BCUT2D eigenvalue weighted by atomic mass is 9.72. The Labute approximate surface area is 145 Å². The van der Waals surface area contributed by atoms with Gasteiger partial charge in [0.15, 0.2) is 0 Å². The van der Waals surface area contributed by atoms with Gasteiger partial charge in [-0.25, -0.2) is 9.97 Å². The SMILES string of the molecule is CCN1CC2(CCC1=O)CCN(c1cc(C)nc(C(C)C)n1)CC2. The number of anilines is 1. The molecule has 2 fully saturated rings. The Balaban J connectivity index is 1.70. The summed E-state index contributed by atoms with van der Waals surface area (Å²) in [7, 11) is 0. The molecule has 3 heterocycles. The van der Waals surface area contributed by atoms with Gasteiger partial charge in [-0.2, -0.15) is 0 Å². The van der Waals surface area contributed by atoms with Crippen LogP contribution >= 0.6 is 0 Å². The predicted octanol–water partition coefficient (Wildman–Crippen LogP) is 3.14. The van der Waals surface area contributed by atoms with Gasteiger partial charge in [-0.3, -0.25) is 4.79 Å². The topological polar surface area (TPSA) is 49.3 Å². The Morgan fingerprint density at radius 1 is 1.21 bits per heavy atom. The summed E-state index contributed by atoms with van der Waals surface area (Å²) in [5.41, 5.74) is 1.37. The number of likely N-dealkylation sites (tertiary alicyclic amines) is 1. The maximum absolute atomic E-state index is 12.0. The Bertz CT molecular complexity index is 605. The standard InChI is InChI=1S/C19H30N4O/c1-5-22-13-19(7-6-17(22)24)8-10-23(11-9-19)16-12-15(4)20-18(21-16)14(2)3/h12,14H,5-11,13H2,1-4H3. The maximum Gasteiger partial charge on any atom is 0.222 e. The summed E-state index contributed by atoms with van der Waals surface area (Å²) in [4.78, 5) is 25.8. The minimum atomic E-state index is 0.323. The zero-order chi connectivity index (χ0) is 17.3. The quantitative estimate of drug-likeness (QED) is 0.854. The van der Waals surface area contributed by atoms with Crippen LogP contribution < -0.4 is 4.90 Å². The van der Waals surface area contributed by atoms with Crippen molar-refractivity contribution >= 4 is 11.7 Å². The van der Waals surface area contributed by atoms with Crippen LogP contribution in [0.4, 0.5) is 5.82 Å². The van der Waals surface area contributed by atoms with Crippen molar-refractivity contribution in [3.8, 4) is 0 Å². The van der Waals surface area contributed by atoms with Crippen molar-refractivity contribution in [2.24, 2.45) is 5.41 Å². The van der Waals surface area contributed by atoms with Crippen molar-refractivity contribution in [1.29, 1.82) is 0 Å². The van der Waals surface area contributed by atoms with E-state index in [0.29, 0.717) is 17.2 Å². The molecule has 2 saturated heterocycles. The molecule has 1 spiro atoms. The third-order valence-corrected chi connectivity index (χ3v) is 5.65. The molecule has 0 radical (unpaired) electrons. The summed E-state index contributed by atoms with van der Waals surface area (Å²) in [6, 6.07) is 2.10. The van der Waals surface area contributed by atoms with E-state index in [9.17, 15) is 4.79 Å². The summed E-state index contributed by atoms with van der Waals surface area (Å²) in [5, 5.41) is 0. The molecule has 2 aliphatic rings. The van der Waals surface area contributed by atoms with E-state index in [0.717, 1.165) is 69.2 Å². The number of piperidine rings is 2. The van der Waals surface area contributed by atoms with Crippen molar-refractivity contribution in [3.63, 3.8) is 0 Å². The summed E-state index contributed by atoms with van der Waals surface area (Å²) in [5.74, 6) is 2.69. The van der Waals surface area contributed by atoms with Crippen LogP contribution in [0.15, 0.2) is 6.07 Å². The number of carbonyl (C=O) groups is 1. The predicted molar refractivity (Wildman–Crippen MR) is 96.2 cm³/mol. The van der Waals surface area contributed by atoms with Gasteiger partial charge in [0.1, 0.15) is 11.6 Å². The average molecular weight is 330 g/mol. The monoisotopic (exact) mass is 330 g/mol. The Hall–Kier alpha value is -1.65. The highest BCUT2D eigenvalue weighted by Crippen LogP contribution is 2.40. The first-order valence-electron chi connectivity index (χ1n) is 9.31. The fourth-order valence-electron chi connectivity index (χ4n) is 4.00. The Morgan fingerprint density at radius 2 is 1.92 bits per heavy atom. The maximum atomic E-state index is 12.0. The number of aromatic nitrogens is 2. The summed E-state index contributed by atoms with van der Waals surface area (Å²) < 4.78 is 0. The molecule has 132 valence electrons. The first kappa shape index (κ1) is 17.2. The number of aryl methyl sites for hydroxylation is 1. The molecule has 0 N–H and O–H groups in total. The minimum Gasteiger partial charge on any atom is -0.356 e. The van der Waals surface area contributed by atoms with Gasteiger partial charge < -0.3 is 9.80 Å². The zero-order valence-electron chi connectivity index (χ0n) is 15.5. The Morgan fingerprint density at radius 3 is 2.54 bits per heavy atom. The van der Waals surface area contributed by atoms with Crippen LogP contribution in [0, 0.1) is 12.3 Å². The van der Waals surface area contributed by atoms with Crippen molar-refractivity contribution in [3.05, 3.63) is 17.6 Å². The normalized spacial score (nSPS) is 21.0. The van der Waals surface area contributed by atoms with Gasteiger partial charge in [0, 0.05) is 50.3 Å². The smallest absolute Gasteiger partial charge is 0.222 e. The second-order valence-corrected chi connectivity index (χ2v) is 7.78. The van der Waals surface area contributed by atoms with E-state index >= 15 is 0 Å². The Kier molecular flexibility index (Phi) is 4.79. The molecule has 0 bridgehead atoms. The van der Waals surface area contributed by atoms with Gasteiger partial charge in [0.25, 0.3) is 0 Å². The molecule has 0 atom stereocenters. The van der Waals surface area contributed by atoms with Crippen molar-refractivity contribution < 1.29 is 4.79 Å². The largest absolute Gasteiger partial charge is 0.356 e. The number of amides is 1. The highest BCUT2D eigenvalue weighted by molar-refractivity contribution is 5.77. The van der Waals surface area contributed by atoms with E-state index in [-0.39, 0.29) is 0 Å². The lowest BCUT2D eigenvalue weighted by Gasteiger charge is -2.47. The van der Waals surface area contributed by atoms with E-state index in [4.69, 9.17) is 4.98 Å². The second-order valence-electron chi connectivity index (χ2n) is 7.78. The molecule has 1 aromatic rings. The summed E-state index contributed by atoms with van der Waals surface area (Å²) >= 11 is 0. The summed E-state index contributed by atoms with van der Waals surface area (Å²) in [6.07, 6.45) is 4.07. The molecule has 1 aromatic heterocycles. The number of rotatable bonds is 3. The second kappa shape index (κ2) is 6.69. The van der Waals surface area contributed by atoms with E-state index < -0.39 is 0 Å². The van der Waals surface area contributed by atoms with Crippen LogP contribution in [-0.2, 0) is 4.79 Å². The van der Waals surface area contributed by atoms with Crippen LogP contribution in [-0.4, -0.2) is 47.0 Å². The van der Waals surface area contributed by atoms with Crippen LogP contribution in [0.25, 0.3) is 0 Å². The molecule has 1 amide bonds. The summed E-state index contributed by atoms with van der Waals surface area (Å²) in [6.45, 7) is 12.3. The third kappa shape index (κ3) is 3.40. The van der Waals surface area contributed by atoms with E-state index in [1.165, 1.54) is 0 Å². The molecule has 0 aliphatic carbocycles. The van der Waals surface area contributed by atoms with E-state index in [1.807, 2.05) is 11.8 Å². The van der Waals surface area contributed by atoms with E-state index in [1.54, 1.807) is 0 Å². The molecular weight excluding hydrogens is 300 g/mol.